The second-order valence-electron chi connectivity index (χ2n) is 3.50. The molecule has 0 fully saturated rings. The van der Waals surface area contributed by atoms with Crippen molar-refractivity contribution in [2.75, 3.05) is 11.1 Å². The monoisotopic (exact) mass is 229 g/mol. The minimum Gasteiger partial charge on any atom is -0.382 e. The minimum atomic E-state index is -0.388. The molecule has 0 aliphatic heterocycles. The van der Waals surface area contributed by atoms with Crippen LogP contribution in [0.1, 0.15) is 16.1 Å². The third-order valence-corrected chi connectivity index (χ3v) is 2.04. The maximum Gasteiger partial charge on any atom is 0.277 e. The van der Waals surface area contributed by atoms with E-state index in [-0.39, 0.29) is 17.4 Å². The van der Waals surface area contributed by atoms with Crippen molar-refractivity contribution in [2.24, 2.45) is 0 Å². The van der Waals surface area contributed by atoms with Crippen molar-refractivity contribution in [3.63, 3.8) is 0 Å². The van der Waals surface area contributed by atoms with Crippen molar-refractivity contribution in [3.05, 3.63) is 42.0 Å². The summed E-state index contributed by atoms with van der Waals surface area (Å²) in [6, 6.07) is 3.57. The molecule has 0 atom stereocenters. The number of carbonyl (C=O) groups is 1. The highest BCUT2D eigenvalue weighted by atomic mass is 16.1. The van der Waals surface area contributed by atoms with Gasteiger partial charge in [-0.3, -0.25) is 9.78 Å². The van der Waals surface area contributed by atoms with Crippen LogP contribution in [0, 0.1) is 6.92 Å². The maximum atomic E-state index is 11.7. The largest absolute Gasteiger partial charge is 0.382 e. The number of carbonyl (C=O) groups excluding carboxylic acids is 1. The minimum absolute atomic E-state index is 0.160. The molecule has 0 bridgehead atoms. The molecule has 6 heteroatoms. The summed E-state index contributed by atoms with van der Waals surface area (Å²) in [7, 11) is 0. The third kappa shape index (κ3) is 2.75. The molecule has 2 aromatic heterocycles. The van der Waals surface area contributed by atoms with Crippen LogP contribution in [0.25, 0.3) is 0 Å². The van der Waals surface area contributed by atoms with E-state index in [9.17, 15) is 4.79 Å². The molecule has 0 saturated heterocycles. The second-order valence-corrected chi connectivity index (χ2v) is 3.50. The van der Waals surface area contributed by atoms with Crippen molar-refractivity contribution in [1.29, 1.82) is 0 Å². The van der Waals surface area contributed by atoms with Gasteiger partial charge in [0.05, 0.1) is 12.4 Å². The fourth-order valence-corrected chi connectivity index (χ4v) is 1.21. The van der Waals surface area contributed by atoms with E-state index in [0.717, 1.165) is 5.56 Å². The van der Waals surface area contributed by atoms with Crippen LogP contribution >= 0.6 is 0 Å². The summed E-state index contributed by atoms with van der Waals surface area (Å²) in [5.74, 6) is 0.278. The summed E-state index contributed by atoms with van der Waals surface area (Å²) in [6.07, 6.45) is 4.39. The van der Waals surface area contributed by atoms with Gasteiger partial charge in [0, 0.05) is 6.20 Å². The Kier molecular flexibility index (Phi) is 2.95. The van der Waals surface area contributed by atoms with Gasteiger partial charge in [-0.1, -0.05) is 6.07 Å². The Labute approximate surface area is 97.9 Å². The number of nitrogens with zero attached hydrogens (tertiary/aromatic N) is 3. The van der Waals surface area contributed by atoms with Crippen molar-refractivity contribution in [3.8, 4) is 0 Å². The molecule has 0 saturated carbocycles. The molecule has 2 rings (SSSR count). The molecule has 0 unspecified atom stereocenters. The predicted octanol–water partition coefficient (Wildman–Crippen LogP) is 1.01. The van der Waals surface area contributed by atoms with E-state index in [1.54, 1.807) is 12.3 Å². The van der Waals surface area contributed by atoms with E-state index in [1.807, 2.05) is 13.0 Å². The summed E-state index contributed by atoms with van der Waals surface area (Å²) >= 11 is 0. The molecule has 2 heterocycles. The van der Waals surface area contributed by atoms with Gasteiger partial charge in [-0.05, 0) is 18.6 Å². The van der Waals surface area contributed by atoms with E-state index in [0.29, 0.717) is 5.82 Å². The van der Waals surface area contributed by atoms with Crippen molar-refractivity contribution < 1.29 is 4.79 Å². The molecule has 6 nitrogen and oxygen atoms in total. The van der Waals surface area contributed by atoms with E-state index in [4.69, 9.17) is 5.73 Å². The molecular weight excluding hydrogens is 218 g/mol. The van der Waals surface area contributed by atoms with Gasteiger partial charge in [-0.25, -0.2) is 9.97 Å². The molecule has 0 radical (unpaired) electrons. The van der Waals surface area contributed by atoms with Gasteiger partial charge in [-0.15, -0.1) is 0 Å². The Morgan fingerprint density at radius 2 is 2.12 bits per heavy atom. The van der Waals surface area contributed by atoms with Gasteiger partial charge in [0.1, 0.15) is 17.3 Å². The SMILES string of the molecule is Cc1ccc(NC(=O)c2cncc(N)n2)nc1. The number of amides is 1. The van der Waals surface area contributed by atoms with Crippen LogP contribution in [0.4, 0.5) is 11.6 Å². The highest BCUT2D eigenvalue weighted by molar-refractivity contribution is 6.02. The summed E-state index contributed by atoms with van der Waals surface area (Å²) in [6.45, 7) is 1.92. The van der Waals surface area contributed by atoms with Crippen LogP contribution < -0.4 is 11.1 Å². The first-order valence-corrected chi connectivity index (χ1v) is 4.96. The molecule has 3 N–H and O–H groups in total. The standard InChI is InChI=1S/C11H11N5O/c1-7-2-3-10(14-4-7)16-11(17)8-5-13-6-9(12)15-8/h2-6H,1H3,(H2,12,15)(H,14,16,17). The molecule has 1 amide bonds. The number of nitrogens with two attached hydrogens (primary N) is 1. The number of anilines is 2. The Morgan fingerprint density at radius 1 is 1.29 bits per heavy atom. The summed E-state index contributed by atoms with van der Waals surface area (Å²) in [5, 5.41) is 2.60. The van der Waals surface area contributed by atoms with E-state index < -0.39 is 0 Å². The lowest BCUT2D eigenvalue weighted by atomic mass is 10.3. The molecule has 2 aromatic rings. The molecule has 0 aliphatic rings. The average molecular weight is 229 g/mol. The number of rotatable bonds is 2. The van der Waals surface area contributed by atoms with Crippen LogP contribution in [0.3, 0.4) is 0 Å². The van der Waals surface area contributed by atoms with Gasteiger partial charge in [0.25, 0.3) is 5.91 Å². The fraction of sp³-hybridized carbons (Fsp3) is 0.0909. The zero-order valence-electron chi connectivity index (χ0n) is 9.21. The number of nitrogens with one attached hydrogen (secondary N) is 1. The molecule has 0 aromatic carbocycles. The highest BCUT2D eigenvalue weighted by Crippen LogP contribution is 2.06. The molecule has 86 valence electrons. The second kappa shape index (κ2) is 4.56. The number of aryl methyl sites for hydroxylation is 1. The third-order valence-electron chi connectivity index (χ3n) is 2.04. The normalized spacial score (nSPS) is 9.94. The van der Waals surface area contributed by atoms with Gasteiger partial charge < -0.3 is 11.1 Å². The molecular formula is C11H11N5O. The Hall–Kier alpha value is -2.50. The van der Waals surface area contributed by atoms with Crippen molar-refractivity contribution >= 4 is 17.5 Å². The number of nitrogen functional groups attached to an aromatic ring is 1. The van der Waals surface area contributed by atoms with E-state index in [2.05, 4.69) is 20.3 Å². The van der Waals surface area contributed by atoms with E-state index in [1.165, 1.54) is 12.4 Å². The number of pyridine rings is 1. The summed E-state index contributed by atoms with van der Waals surface area (Å²) < 4.78 is 0. The Balaban J connectivity index is 2.14. The quantitative estimate of drug-likeness (QED) is 0.801. The van der Waals surface area contributed by atoms with Crippen LogP contribution in [0.15, 0.2) is 30.7 Å². The van der Waals surface area contributed by atoms with Crippen LogP contribution in [-0.4, -0.2) is 20.9 Å². The van der Waals surface area contributed by atoms with Crippen molar-refractivity contribution in [1.82, 2.24) is 15.0 Å². The summed E-state index contributed by atoms with van der Waals surface area (Å²) in [5.41, 5.74) is 6.62. The summed E-state index contributed by atoms with van der Waals surface area (Å²) in [4.78, 5) is 23.5. The lowest BCUT2D eigenvalue weighted by Crippen LogP contribution is -2.15. The zero-order valence-corrected chi connectivity index (χ0v) is 9.21. The zero-order chi connectivity index (χ0) is 12.3. The predicted molar refractivity (Wildman–Crippen MR) is 63.4 cm³/mol. The molecule has 0 spiro atoms. The van der Waals surface area contributed by atoms with Crippen LogP contribution in [0.2, 0.25) is 0 Å². The van der Waals surface area contributed by atoms with Crippen LogP contribution in [-0.2, 0) is 0 Å². The molecule has 17 heavy (non-hydrogen) atoms. The lowest BCUT2D eigenvalue weighted by Gasteiger charge is -2.03. The number of aromatic nitrogens is 3. The van der Waals surface area contributed by atoms with Gasteiger partial charge in [0.2, 0.25) is 0 Å². The van der Waals surface area contributed by atoms with E-state index >= 15 is 0 Å². The first-order chi connectivity index (χ1) is 8.15. The topological polar surface area (TPSA) is 93.8 Å². The lowest BCUT2D eigenvalue weighted by molar-refractivity contribution is 0.102. The van der Waals surface area contributed by atoms with Crippen molar-refractivity contribution in [2.45, 2.75) is 6.92 Å². The van der Waals surface area contributed by atoms with Gasteiger partial charge >= 0.3 is 0 Å². The maximum absolute atomic E-state index is 11.7. The average Bonchev–Trinajstić information content (AvgIpc) is 2.32. The Morgan fingerprint density at radius 3 is 2.76 bits per heavy atom. The van der Waals surface area contributed by atoms with Gasteiger partial charge in [0.15, 0.2) is 0 Å². The van der Waals surface area contributed by atoms with Crippen LogP contribution in [0.5, 0.6) is 0 Å². The Bertz CT molecular complexity index is 538. The fourth-order valence-electron chi connectivity index (χ4n) is 1.21. The van der Waals surface area contributed by atoms with Gasteiger partial charge in [-0.2, -0.15) is 0 Å². The molecule has 0 aliphatic carbocycles. The first-order valence-electron chi connectivity index (χ1n) is 4.96. The number of hydrogen-bond acceptors (Lipinski definition) is 5. The number of hydrogen-bond donors (Lipinski definition) is 2. The first kappa shape index (κ1) is 11.0. The smallest absolute Gasteiger partial charge is 0.277 e. The highest BCUT2D eigenvalue weighted by Gasteiger charge is 2.08.